The molecule has 0 spiro atoms. The van der Waals surface area contributed by atoms with Crippen LogP contribution in [0.5, 0.6) is 0 Å². The number of para-hydroxylation sites is 2. The van der Waals surface area contributed by atoms with Crippen LogP contribution in [-0.4, -0.2) is 40.3 Å². The normalized spacial score (nSPS) is 20.1. The van der Waals surface area contributed by atoms with Gasteiger partial charge in [-0.05, 0) is 37.9 Å². The molecule has 1 N–H and O–H groups in total. The van der Waals surface area contributed by atoms with E-state index in [0.29, 0.717) is 18.2 Å². The van der Waals surface area contributed by atoms with Crippen molar-refractivity contribution in [2.75, 3.05) is 19.7 Å². The number of hydrogen-bond donors (Lipinski definition) is 1. The first-order valence-electron chi connectivity index (χ1n) is 7.73. The van der Waals surface area contributed by atoms with Crippen molar-refractivity contribution in [3.8, 4) is 0 Å². The molecule has 0 amide bonds. The predicted octanol–water partition coefficient (Wildman–Crippen LogP) is 1.83. The Balaban J connectivity index is 1.73. The summed E-state index contributed by atoms with van der Waals surface area (Å²) in [4.78, 5) is 14.4. The number of oxazole rings is 1. The van der Waals surface area contributed by atoms with Crippen LogP contribution in [0.15, 0.2) is 33.5 Å². The topological polar surface area (TPSA) is 58.6 Å². The Kier molecular flexibility index (Phi) is 4.41. The Labute approximate surface area is 123 Å². The largest absolute Gasteiger partial charge is 0.419 e. The number of aromatic nitrogens is 1. The van der Waals surface area contributed by atoms with E-state index >= 15 is 0 Å². The number of rotatable bonds is 5. The van der Waals surface area contributed by atoms with Crippen LogP contribution < -0.4 is 5.76 Å². The molecule has 1 aliphatic rings. The van der Waals surface area contributed by atoms with Gasteiger partial charge in [-0.3, -0.25) is 9.47 Å². The summed E-state index contributed by atoms with van der Waals surface area (Å²) in [5, 5.41) is 9.18. The summed E-state index contributed by atoms with van der Waals surface area (Å²) in [5.74, 6) is -0.285. The van der Waals surface area contributed by atoms with Crippen molar-refractivity contribution in [2.24, 2.45) is 0 Å². The highest BCUT2D eigenvalue weighted by molar-refractivity contribution is 5.72. The molecule has 2 heterocycles. The van der Waals surface area contributed by atoms with Gasteiger partial charge in [0.05, 0.1) is 5.52 Å². The van der Waals surface area contributed by atoms with Crippen LogP contribution in [-0.2, 0) is 6.54 Å². The maximum absolute atomic E-state index is 12.0. The number of nitrogens with zero attached hydrogens (tertiary/aromatic N) is 2. The molecular formula is C16H22N2O3. The average molecular weight is 290 g/mol. The zero-order valence-corrected chi connectivity index (χ0v) is 12.2. The molecule has 0 bridgehead atoms. The molecule has 1 aromatic carbocycles. The van der Waals surface area contributed by atoms with Gasteiger partial charge in [0.15, 0.2) is 5.58 Å². The lowest BCUT2D eigenvalue weighted by atomic mass is 10.00. The minimum atomic E-state index is -0.285. The molecule has 1 aliphatic heterocycles. The Bertz CT molecular complexity index is 644. The van der Waals surface area contributed by atoms with Gasteiger partial charge in [-0.25, -0.2) is 4.79 Å². The molecule has 5 nitrogen and oxygen atoms in total. The molecule has 2 aromatic rings. The zero-order valence-electron chi connectivity index (χ0n) is 12.2. The lowest BCUT2D eigenvalue weighted by Crippen LogP contribution is -2.42. The quantitative estimate of drug-likeness (QED) is 0.912. The van der Waals surface area contributed by atoms with E-state index in [9.17, 15) is 9.90 Å². The predicted molar refractivity (Wildman–Crippen MR) is 81.4 cm³/mol. The van der Waals surface area contributed by atoms with Crippen LogP contribution in [0.4, 0.5) is 0 Å². The van der Waals surface area contributed by atoms with E-state index in [1.165, 1.54) is 12.8 Å². The summed E-state index contributed by atoms with van der Waals surface area (Å²) < 4.78 is 6.97. The first-order valence-corrected chi connectivity index (χ1v) is 7.73. The Morgan fingerprint density at radius 3 is 2.95 bits per heavy atom. The second-order valence-electron chi connectivity index (χ2n) is 5.69. The van der Waals surface area contributed by atoms with Crippen molar-refractivity contribution in [2.45, 2.75) is 38.3 Å². The highest BCUT2D eigenvalue weighted by Crippen LogP contribution is 2.19. The summed E-state index contributed by atoms with van der Waals surface area (Å²) in [5.41, 5.74) is 1.51. The van der Waals surface area contributed by atoms with E-state index in [4.69, 9.17) is 4.42 Å². The second-order valence-corrected chi connectivity index (χ2v) is 5.69. The van der Waals surface area contributed by atoms with Gasteiger partial charge in [-0.15, -0.1) is 0 Å². The minimum Gasteiger partial charge on any atom is -0.408 e. The van der Waals surface area contributed by atoms with Crippen LogP contribution in [0.25, 0.3) is 11.1 Å². The molecule has 21 heavy (non-hydrogen) atoms. The summed E-state index contributed by atoms with van der Waals surface area (Å²) >= 11 is 0. The Morgan fingerprint density at radius 2 is 2.10 bits per heavy atom. The van der Waals surface area contributed by atoms with Crippen molar-refractivity contribution in [1.29, 1.82) is 0 Å². The summed E-state index contributed by atoms with van der Waals surface area (Å²) in [7, 11) is 0. The third kappa shape index (κ3) is 3.04. The van der Waals surface area contributed by atoms with Gasteiger partial charge in [0.2, 0.25) is 0 Å². The lowest BCUT2D eigenvalue weighted by Gasteiger charge is -2.35. The molecule has 3 rings (SSSR count). The molecule has 1 aromatic heterocycles. The minimum absolute atomic E-state index is 0.232. The van der Waals surface area contributed by atoms with Gasteiger partial charge in [0.25, 0.3) is 0 Å². The lowest BCUT2D eigenvalue weighted by molar-refractivity contribution is 0.115. The fourth-order valence-electron chi connectivity index (χ4n) is 3.28. The average Bonchev–Trinajstić information content (AvgIpc) is 2.82. The van der Waals surface area contributed by atoms with E-state index in [-0.39, 0.29) is 12.4 Å². The maximum Gasteiger partial charge on any atom is 0.419 e. The first kappa shape index (κ1) is 14.4. The second kappa shape index (κ2) is 6.45. The molecule has 1 unspecified atom stereocenters. The van der Waals surface area contributed by atoms with Crippen molar-refractivity contribution >= 4 is 11.1 Å². The molecule has 0 radical (unpaired) electrons. The van der Waals surface area contributed by atoms with Gasteiger partial charge in [0, 0.05) is 25.7 Å². The SMILES string of the molecule is O=c1oc2ccccc2n1CCN1CCCCC1CCO. The molecule has 114 valence electrons. The van der Waals surface area contributed by atoms with Crippen molar-refractivity contribution < 1.29 is 9.52 Å². The first-order chi connectivity index (χ1) is 10.3. The standard InChI is InChI=1S/C16H22N2O3/c19-12-8-13-5-3-4-9-17(13)10-11-18-14-6-1-2-7-15(14)21-16(18)20/h1-2,6-7,13,19H,3-5,8-12H2. The monoisotopic (exact) mass is 290 g/mol. The number of hydrogen-bond acceptors (Lipinski definition) is 4. The molecular weight excluding hydrogens is 268 g/mol. The summed E-state index contributed by atoms with van der Waals surface area (Å²) in [6.07, 6.45) is 4.39. The van der Waals surface area contributed by atoms with E-state index < -0.39 is 0 Å². The number of fused-ring (bicyclic) bond motifs is 1. The van der Waals surface area contributed by atoms with Gasteiger partial charge in [-0.1, -0.05) is 18.6 Å². The van der Waals surface area contributed by atoms with Crippen LogP contribution >= 0.6 is 0 Å². The number of benzene rings is 1. The zero-order chi connectivity index (χ0) is 14.7. The van der Waals surface area contributed by atoms with Gasteiger partial charge >= 0.3 is 5.76 Å². The van der Waals surface area contributed by atoms with Crippen LogP contribution in [0.2, 0.25) is 0 Å². The van der Waals surface area contributed by atoms with Gasteiger partial charge < -0.3 is 9.52 Å². The smallest absolute Gasteiger partial charge is 0.408 e. The molecule has 0 aliphatic carbocycles. The maximum atomic E-state index is 12.0. The molecule has 1 fully saturated rings. The molecule has 1 atom stereocenters. The van der Waals surface area contributed by atoms with Gasteiger partial charge in [-0.2, -0.15) is 0 Å². The number of piperidine rings is 1. The van der Waals surface area contributed by atoms with Crippen molar-refractivity contribution in [1.82, 2.24) is 9.47 Å². The summed E-state index contributed by atoms with van der Waals surface area (Å²) in [6, 6.07) is 7.98. The third-order valence-corrected chi connectivity index (χ3v) is 4.40. The fourth-order valence-corrected chi connectivity index (χ4v) is 3.28. The van der Waals surface area contributed by atoms with Gasteiger partial charge in [0.1, 0.15) is 0 Å². The van der Waals surface area contributed by atoms with Crippen LogP contribution in [0, 0.1) is 0 Å². The van der Waals surface area contributed by atoms with E-state index in [1.54, 1.807) is 4.57 Å². The van der Waals surface area contributed by atoms with Crippen LogP contribution in [0.1, 0.15) is 25.7 Å². The third-order valence-electron chi connectivity index (χ3n) is 4.40. The Morgan fingerprint density at radius 1 is 1.24 bits per heavy atom. The fraction of sp³-hybridized carbons (Fsp3) is 0.562. The van der Waals surface area contributed by atoms with E-state index in [1.807, 2.05) is 24.3 Å². The molecule has 1 saturated heterocycles. The number of aliphatic hydroxyl groups is 1. The van der Waals surface area contributed by atoms with Crippen LogP contribution in [0.3, 0.4) is 0 Å². The van der Waals surface area contributed by atoms with Crippen molar-refractivity contribution in [3.63, 3.8) is 0 Å². The van der Waals surface area contributed by atoms with Crippen molar-refractivity contribution in [3.05, 3.63) is 34.8 Å². The highest BCUT2D eigenvalue weighted by atomic mass is 16.4. The van der Waals surface area contributed by atoms with E-state index in [2.05, 4.69) is 4.90 Å². The number of likely N-dealkylation sites (tertiary alicyclic amines) is 1. The molecule has 5 heteroatoms. The number of aliphatic hydroxyl groups excluding tert-OH is 1. The molecule has 0 saturated carbocycles. The summed E-state index contributed by atoms with van der Waals surface area (Å²) in [6.45, 7) is 2.75. The van der Waals surface area contributed by atoms with E-state index in [0.717, 1.165) is 31.4 Å². The highest BCUT2D eigenvalue weighted by Gasteiger charge is 2.22. The Hall–Kier alpha value is -1.59.